The number of carboxylic acid groups (broad SMARTS) is 1. The van der Waals surface area contributed by atoms with Crippen molar-refractivity contribution in [3.63, 3.8) is 0 Å². The van der Waals surface area contributed by atoms with Crippen LogP contribution >= 0.6 is 29.8 Å². The van der Waals surface area contributed by atoms with E-state index in [9.17, 15) is 28.5 Å². The number of carboxylic acids is 1. The minimum absolute atomic E-state index is 0. The monoisotopic (exact) mass is 955 g/mol. The van der Waals surface area contributed by atoms with E-state index in [2.05, 4.69) is 59.3 Å². The van der Waals surface area contributed by atoms with Crippen LogP contribution in [-0.2, 0) is 39.6 Å². The molecule has 4 N–H and O–H groups in total. The molecular weight excluding hydrogens is 909 g/mol. The topological polar surface area (TPSA) is 326 Å². The van der Waals surface area contributed by atoms with E-state index in [1.165, 1.54) is 59.4 Å². The molecule has 0 aliphatic carbocycles. The van der Waals surface area contributed by atoms with Gasteiger partial charge in [-0.15, -0.1) is 22.7 Å². The van der Waals surface area contributed by atoms with Crippen LogP contribution in [-0.4, -0.2) is 123 Å². The molecule has 344 valence electrons. The number of hydrogen-bond donors (Lipinski definition) is 2. The van der Waals surface area contributed by atoms with Crippen molar-refractivity contribution in [2.45, 2.75) is 20.3 Å². The number of nitrogens with zero attached hydrogens (tertiary/aromatic N) is 10. The number of hydrogen-bond acceptors (Lipinski definition) is 22. The molecule has 0 bridgehead atoms. The average molecular weight is 956 g/mol. The van der Waals surface area contributed by atoms with Gasteiger partial charge in [0.1, 0.15) is 5.01 Å². The number of nitrogens with two attached hydrogens (primary N) is 1. The van der Waals surface area contributed by atoms with Crippen molar-refractivity contribution >= 4 is 83.2 Å². The van der Waals surface area contributed by atoms with E-state index in [1.807, 2.05) is 10.8 Å². The number of aldehydes is 1. The zero-order chi connectivity index (χ0) is 47.3. The minimum atomic E-state index is -2.23. The zero-order valence-electron chi connectivity index (χ0n) is 36.6. The number of nitrogen functional groups attached to an aromatic ring is 1. The number of carbonyl (C=O) groups is 5. The molecule has 0 spiro atoms. The van der Waals surface area contributed by atoms with Crippen molar-refractivity contribution < 1.29 is 67.5 Å². The normalized spacial score (nSPS) is 9.82. The maximum atomic E-state index is 11.5. The second kappa shape index (κ2) is 38.6. The number of carbonyl (C=O) groups excluding carboxylic acids is 4. The predicted molar refractivity (Wildman–Crippen MR) is 245 cm³/mol. The summed E-state index contributed by atoms with van der Waals surface area (Å²) < 4.78 is 20.3. The fraction of sp³-hybridized carbons (Fsp3) is 0.195. The first-order valence-corrected chi connectivity index (χ1v) is 23.0. The maximum absolute atomic E-state index is 11.5. The molecule has 25 heteroatoms. The molecule has 0 unspecified atom stereocenters. The van der Waals surface area contributed by atoms with Gasteiger partial charge in [0.05, 0.1) is 32.9 Å². The number of thiazole rings is 2. The van der Waals surface area contributed by atoms with Crippen molar-refractivity contribution in [1.82, 2.24) is 49.8 Å². The van der Waals surface area contributed by atoms with E-state index in [0.717, 1.165) is 11.1 Å². The van der Waals surface area contributed by atoms with E-state index < -0.39 is 13.1 Å². The van der Waals surface area contributed by atoms with Crippen LogP contribution in [0.2, 0.25) is 0 Å². The first-order valence-electron chi connectivity index (χ1n) is 18.5. The summed E-state index contributed by atoms with van der Waals surface area (Å²) >= 11 is 2.92. The van der Waals surface area contributed by atoms with Crippen molar-refractivity contribution in [1.29, 1.82) is 0 Å². The van der Waals surface area contributed by atoms with Gasteiger partial charge in [-0.25, -0.2) is 59.4 Å². The summed E-state index contributed by atoms with van der Waals surface area (Å²) in [5, 5.41) is 13.4. The summed E-state index contributed by atoms with van der Waals surface area (Å²) in [7, 11) is -2.23. The van der Waals surface area contributed by atoms with E-state index in [-0.39, 0.29) is 54.0 Å². The Kier molecular flexibility index (Phi) is 35.8. The van der Waals surface area contributed by atoms with E-state index >= 15 is 0 Å². The number of anilines is 1. The SMILES string of the molecule is CCOC(=O)/C=C/c1ncccn1.CCOC(=O)CP(C)(C)=O.Nc1nccs1.O=C(/C=C/c1ncccn1)Cc1nccs1.O=C(O)/C=C/c1ncccn1.O=Cc1ncccn1.[Li+].[OH-]. The molecule has 0 saturated heterocycles. The van der Waals surface area contributed by atoms with Crippen LogP contribution in [0.3, 0.4) is 0 Å². The molecule has 21 nitrogen and oxygen atoms in total. The minimum Gasteiger partial charge on any atom is -0.870 e. The summed E-state index contributed by atoms with van der Waals surface area (Å²) in [6, 6.07) is 6.77. The molecule has 0 saturated carbocycles. The van der Waals surface area contributed by atoms with E-state index in [4.69, 9.17) is 10.8 Å². The predicted octanol–water partition coefficient (Wildman–Crippen LogP) is 2.40. The quantitative estimate of drug-likeness (QED) is 0.0552. The summed E-state index contributed by atoms with van der Waals surface area (Å²) in [5.41, 5.74) is 5.19. The summed E-state index contributed by atoms with van der Waals surface area (Å²) in [6.45, 7) is 7.37. The van der Waals surface area contributed by atoms with Crippen molar-refractivity contribution in [3.8, 4) is 0 Å². The molecule has 0 aliphatic rings. The number of ether oxygens (including phenoxy) is 2. The Labute approximate surface area is 400 Å². The number of ketones is 1. The van der Waals surface area contributed by atoms with Crippen molar-refractivity contribution in [2.24, 2.45) is 0 Å². The van der Waals surface area contributed by atoms with Gasteiger partial charge in [-0.05, 0) is 75.7 Å². The van der Waals surface area contributed by atoms with Gasteiger partial charge in [0.2, 0.25) is 0 Å². The Morgan fingerprint density at radius 1 is 0.636 bits per heavy atom. The average Bonchev–Trinajstić information content (AvgIpc) is 4.00. The van der Waals surface area contributed by atoms with Gasteiger partial charge in [-0.2, -0.15) is 0 Å². The number of rotatable bonds is 13. The summed E-state index contributed by atoms with van der Waals surface area (Å²) in [6.07, 6.45) is 25.3. The van der Waals surface area contributed by atoms with Crippen LogP contribution in [0.1, 0.15) is 46.9 Å². The third kappa shape index (κ3) is 35.6. The molecule has 6 heterocycles. The second-order valence-electron chi connectivity index (χ2n) is 11.6. The largest absolute Gasteiger partial charge is 1.00 e. The smallest absolute Gasteiger partial charge is 0.870 e. The van der Waals surface area contributed by atoms with Crippen molar-refractivity contribution in [3.05, 3.63) is 144 Å². The fourth-order valence-corrected chi connectivity index (χ4v) is 5.23. The van der Waals surface area contributed by atoms with Crippen LogP contribution in [0, 0.1) is 0 Å². The van der Waals surface area contributed by atoms with Crippen LogP contribution in [0.5, 0.6) is 0 Å². The van der Waals surface area contributed by atoms with Crippen LogP contribution in [0.4, 0.5) is 5.13 Å². The number of esters is 2. The number of allylic oxidation sites excluding steroid dienone is 1. The zero-order valence-corrected chi connectivity index (χ0v) is 39.1. The van der Waals surface area contributed by atoms with Crippen LogP contribution in [0.25, 0.3) is 18.2 Å². The van der Waals surface area contributed by atoms with E-state index in [1.54, 1.807) is 107 Å². The molecule has 6 rings (SSSR count). The first-order chi connectivity index (χ1) is 30.7. The third-order valence-electron chi connectivity index (χ3n) is 5.97. The molecule has 66 heavy (non-hydrogen) atoms. The molecule has 0 aliphatic heterocycles. The Morgan fingerprint density at radius 2 is 1.06 bits per heavy atom. The number of aromatic nitrogens is 10. The van der Waals surface area contributed by atoms with Crippen molar-refractivity contribution in [2.75, 3.05) is 38.4 Å². The summed E-state index contributed by atoms with van der Waals surface area (Å²) in [5.74, 6) is -0.0846. The standard InChI is InChI=1S/C11H9N3OS.C9H10N2O2.C7H6N2O2.C6H13O3P.C5H4N2O.C3H4N2S.Li.H2O/c15-9(8-11-14-6-7-16-11)2-3-10-12-4-1-5-13-10;1-2-13-9(12)5-4-8-10-6-3-7-11-8;10-7(11)3-2-6-8-4-1-5-9-6;1-4-9-6(7)5-10(2,3)8;8-4-5-6-2-1-3-7-5;4-3-5-1-2-6-3;;/h1-7H,8H2;3-7H,2H2,1H3;1-5H,(H,10,11);4-5H2,1-3H3;1-4H;1-2H,(H2,4,5);;1H2/q;;;;;;+1;/p-1/b3-2+;5-4+;3-2+;;;;;. The van der Waals surface area contributed by atoms with Gasteiger partial charge in [-0.1, -0.05) is 0 Å². The number of aliphatic carboxylic acids is 1. The molecular formula is C41H47LiN11O10PS2. The Hall–Kier alpha value is -6.86. The molecule has 0 amide bonds. The van der Waals surface area contributed by atoms with Gasteiger partial charge < -0.3 is 30.4 Å². The molecule has 0 aromatic carbocycles. The maximum Gasteiger partial charge on any atom is 1.00 e. The summed E-state index contributed by atoms with van der Waals surface area (Å²) in [4.78, 5) is 91.3. The van der Waals surface area contributed by atoms with Gasteiger partial charge in [0.25, 0.3) is 0 Å². The Balaban J connectivity index is 0. The Morgan fingerprint density at radius 3 is 1.39 bits per heavy atom. The fourth-order valence-electron chi connectivity index (χ4n) is 3.51. The Bertz CT molecular complexity index is 2330. The molecule has 0 atom stereocenters. The van der Waals surface area contributed by atoms with Gasteiger partial charge in [0, 0.05) is 84.9 Å². The van der Waals surface area contributed by atoms with Gasteiger partial charge in [-0.3, -0.25) is 14.4 Å². The molecule has 6 aromatic rings. The second-order valence-corrected chi connectivity index (χ2v) is 17.0. The molecule has 6 aromatic heterocycles. The third-order valence-corrected chi connectivity index (χ3v) is 8.38. The van der Waals surface area contributed by atoms with Crippen LogP contribution in [0.15, 0.2) is 115 Å². The van der Waals surface area contributed by atoms with Crippen LogP contribution < -0.4 is 24.6 Å². The first kappa shape index (κ1) is 61.2. The molecule has 0 radical (unpaired) electrons. The van der Waals surface area contributed by atoms with Gasteiger partial charge in [0.15, 0.2) is 40.5 Å². The van der Waals surface area contributed by atoms with E-state index in [0.29, 0.717) is 48.5 Å². The molecule has 0 fully saturated rings. The van der Waals surface area contributed by atoms with Gasteiger partial charge >= 0.3 is 36.8 Å².